The van der Waals surface area contributed by atoms with E-state index in [2.05, 4.69) is 17.0 Å². The van der Waals surface area contributed by atoms with Crippen LogP contribution in [0.4, 0.5) is 10.1 Å². The fourth-order valence-corrected chi connectivity index (χ4v) is 4.09. The molecule has 1 amide bonds. The molecule has 0 N–H and O–H groups in total. The maximum atomic E-state index is 14.3. The SMILES string of the molecule is O=C(N1CCN(c2ccccc2)CC1)C1(c2ccccc2F)CCC1. The third kappa shape index (κ3) is 2.80. The van der Waals surface area contributed by atoms with Crippen LogP contribution in [0.25, 0.3) is 0 Å². The van der Waals surface area contributed by atoms with Gasteiger partial charge in [-0.15, -0.1) is 0 Å². The molecule has 130 valence electrons. The van der Waals surface area contributed by atoms with Crippen molar-refractivity contribution in [3.63, 3.8) is 0 Å². The number of carbonyl (C=O) groups is 1. The largest absolute Gasteiger partial charge is 0.368 e. The Balaban J connectivity index is 1.49. The monoisotopic (exact) mass is 338 g/mol. The zero-order valence-corrected chi connectivity index (χ0v) is 14.3. The minimum absolute atomic E-state index is 0.108. The maximum absolute atomic E-state index is 14.3. The van der Waals surface area contributed by atoms with E-state index in [0.717, 1.165) is 32.4 Å². The van der Waals surface area contributed by atoms with E-state index in [-0.39, 0.29) is 11.7 Å². The van der Waals surface area contributed by atoms with Gasteiger partial charge in [0.15, 0.2) is 0 Å². The third-order valence-electron chi connectivity index (χ3n) is 5.69. The Kier molecular flexibility index (Phi) is 4.20. The van der Waals surface area contributed by atoms with Gasteiger partial charge in [0, 0.05) is 37.4 Å². The van der Waals surface area contributed by atoms with Gasteiger partial charge < -0.3 is 9.80 Å². The van der Waals surface area contributed by atoms with E-state index in [1.165, 1.54) is 11.8 Å². The van der Waals surface area contributed by atoms with Crippen molar-refractivity contribution in [3.8, 4) is 0 Å². The van der Waals surface area contributed by atoms with E-state index in [4.69, 9.17) is 0 Å². The van der Waals surface area contributed by atoms with Crippen LogP contribution in [-0.4, -0.2) is 37.0 Å². The van der Waals surface area contributed by atoms with Gasteiger partial charge in [-0.2, -0.15) is 0 Å². The summed E-state index contributed by atoms with van der Waals surface area (Å²) in [5, 5.41) is 0. The molecule has 0 aromatic heterocycles. The smallest absolute Gasteiger partial charge is 0.233 e. The molecular weight excluding hydrogens is 315 g/mol. The molecule has 1 saturated carbocycles. The predicted molar refractivity (Wildman–Crippen MR) is 97.2 cm³/mol. The Hall–Kier alpha value is -2.36. The minimum atomic E-state index is -0.639. The predicted octanol–water partition coefficient (Wildman–Crippen LogP) is 3.60. The highest BCUT2D eigenvalue weighted by atomic mass is 19.1. The molecule has 2 aromatic rings. The average Bonchev–Trinajstić information content (AvgIpc) is 2.63. The van der Waals surface area contributed by atoms with Gasteiger partial charge in [0.2, 0.25) is 5.91 Å². The minimum Gasteiger partial charge on any atom is -0.368 e. The van der Waals surface area contributed by atoms with E-state index in [1.54, 1.807) is 12.1 Å². The Morgan fingerprint density at radius 2 is 1.52 bits per heavy atom. The molecule has 0 spiro atoms. The highest BCUT2D eigenvalue weighted by Gasteiger charge is 2.49. The topological polar surface area (TPSA) is 23.6 Å². The zero-order chi connectivity index (χ0) is 17.3. The molecule has 4 heteroatoms. The zero-order valence-electron chi connectivity index (χ0n) is 14.3. The highest BCUT2D eigenvalue weighted by Crippen LogP contribution is 2.46. The van der Waals surface area contributed by atoms with Crippen molar-refractivity contribution in [2.75, 3.05) is 31.1 Å². The van der Waals surface area contributed by atoms with Crippen molar-refractivity contribution in [1.29, 1.82) is 0 Å². The van der Waals surface area contributed by atoms with Crippen LogP contribution in [0, 0.1) is 5.82 Å². The van der Waals surface area contributed by atoms with Crippen molar-refractivity contribution in [2.45, 2.75) is 24.7 Å². The molecule has 1 aliphatic carbocycles. The number of benzene rings is 2. The Labute approximate surface area is 148 Å². The van der Waals surface area contributed by atoms with Gasteiger partial charge in [-0.3, -0.25) is 4.79 Å². The van der Waals surface area contributed by atoms with Crippen molar-refractivity contribution >= 4 is 11.6 Å². The Morgan fingerprint density at radius 3 is 2.12 bits per heavy atom. The molecule has 4 rings (SSSR count). The summed E-state index contributed by atoms with van der Waals surface area (Å²) in [7, 11) is 0. The van der Waals surface area contributed by atoms with Crippen molar-refractivity contribution in [3.05, 3.63) is 66.0 Å². The van der Waals surface area contributed by atoms with Crippen molar-refractivity contribution < 1.29 is 9.18 Å². The summed E-state index contributed by atoms with van der Waals surface area (Å²) >= 11 is 0. The summed E-state index contributed by atoms with van der Waals surface area (Å²) in [4.78, 5) is 17.5. The number of hydrogen-bond acceptors (Lipinski definition) is 2. The van der Waals surface area contributed by atoms with Crippen LogP contribution < -0.4 is 4.90 Å². The van der Waals surface area contributed by atoms with Crippen LogP contribution in [0.1, 0.15) is 24.8 Å². The lowest BCUT2D eigenvalue weighted by molar-refractivity contribution is -0.141. The van der Waals surface area contributed by atoms with Gasteiger partial charge in [-0.25, -0.2) is 4.39 Å². The lowest BCUT2D eigenvalue weighted by atomic mass is 9.63. The summed E-state index contributed by atoms with van der Waals surface area (Å²) in [6.45, 7) is 3.04. The number of carbonyl (C=O) groups excluding carboxylic acids is 1. The number of amides is 1. The standard InChI is InChI=1S/C21H23FN2O/c22-19-10-5-4-9-18(19)21(11-6-12-21)20(25)24-15-13-23(14-16-24)17-7-2-1-3-8-17/h1-5,7-10H,6,11-16H2. The molecule has 0 bridgehead atoms. The van der Waals surface area contributed by atoms with Crippen LogP contribution in [0.3, 0.4) is 0 Å². The normalized spacial score (nSPS) is 19.4. The van der Waals surface area contributed by atoms with E-state index in [9.17, 15) is 9.18 Å². The Bertz CT molecular complexity index is 750. The number of para-hydroxylation sites is 1. The Morgan fingerprint density at radius 1 is 0.880 bits per heavy atom. The fraction of sp³-hybridized carbons (Fsp3) is 0.381. The first-order chi connectivity index (χ1) is 12.2. The molecule has 1 heterocycles. The summed E-state index contributed by atoms with van der Waals surface area (Å²) < 4.78 is 14.3. The molecule has 3 nitrogen and oxygen atoms in total. The lowest BCUT2D eigenvalue weighted by Crippen LogP contribution is -2.57. The highest BCUT2D eigenvalue weighted by molar-refractivity contribution is 5.89. The van der Waals surface area contributed by atoms with E-state index in [1.807, 2.05) is 29.2 Å². The van der Waals surface area contributed by atoms with Gasteiger partial charge in [0.05, 0.1) is 5.41 Å². The van der Waals surface area contributed by atoms with Gasteiger partial charge in [-0.05, 0) is 31.0 Å². The molecule has 2 aromatic carbocycles. The second-order valence-electron chi connectivity index (χ2n) is 7.03. The molecule has 2 aliphatic rings. The molecular formula is C21H23FN2O. The van der Waals surface area contributed by atoms with Crippen LogP contribution in [0.15, 0.2) is 54.6 Å². The van der Waals surface area contributed by atoms with Gasteiger partial charge in [-0.1, -0.05) is 42.8 Å². The molecule has 1 saturated heterocycles. The summed E-state index contributed by atoms with van der Waals surface area (Å²) in [5.41, 5.74) is 1.14. The van der Waals surface area contributed by atoms with Crippen LogP contribution in [0.5, 0.6) is 0 Å². The van der Waals surface area contributed by atoms with Gasteiger partial charge >= 0.3 is 0 Å². The van der Waals surface area contributed by atoms with Crippen LogP contribution in [-0.2, 0) is 10.2 Å². The molecule has 0 radical (unpaired) electrons. The van der Waals surface area contributed by atoms with Gasteiger partial charge in [0.25, 0.3) is 0 Å². The third-order valence-corrected chi connectivity index (χ3v) is 5.69. The summed E-state index contributed by atoms with van der Waals surface area (Å²) in [5.74, 6) is -0.143. The van der Waals surface area contributed by atoms with Crippen LogP contribution >= 0.6 is 0 Å². The average molecular weight is 338 g/mol. The van der Waals surface area contributed by atoms with E-state index in [0.29, 0.717) is 18.7 Å². The summed E-state index contributed by atoms with van der Waals surface area (Å²) in [6.07, 6.45) is 2.50. The maximum Gasteiger partial charge on any atom is 0.233 e. The molecule has 0 atom stereocenters. The molecule has 2 fully saturated rings. The first-order valence-corrected chi connectivity index (χ1v) is 9.05. The lowest BCUT2D eigenvalue weighted by Gasteiger charge is -2.46. The van der Waals surface area contributed by atoms with Crippen LogP contribution in [0.2, 0.25) is 0 Å². The number of piperazine rings is 1. The number of hydrogen-bond donors (Lipinski definition) is 0. The molecule has 0 unspecified atom stereocenters. The number of halogens is 1. The second-order valence-corrected chi connectivity index (χ2v) is 7.03. The molecule has 1 aliphatic heterocycles. The number of anilines is 1. The number of rotatable bonds is 3. The quantitative estimate of drug-likeness (QED) is 0.854. The summed E-state index contributed by atoms with van der Waals surface area (Å²) in [6, 6.07) is 17.1. The van der Waals surface area contributed by atoms with E-state index >= 15 is 0 Å². The second kappa shape index (κ2) is 6.51. The van der Waals surface area contributed by atoms with Crippen molar-refractivity contribution in [1.82, 2.24) is 4.90 Å². The number of nitrogens with zero attached hydrogens (tertiary/aromatic N) is 2. The fourth-order valence-electron chi connectivity index (χ4n) is 4.09. The molecule has 25 heavy (non-hydrogen) atoms. The van der Waals surface area contributed by atoms with E-state index < -0.39 is 5.41 Å². The van der Waals surface area contributed by atoms with Gasteiger partial charge in [0.1, 0.15) is 5.82 Å². The first kappa shape index (κ1) is 16.1. The first-order valence-electron chi connectivity index (χ1n) is 9.05. The van der Waals surface area contributed by atoms with Crippen molar-refractivity contribution in [2.24, 2.45) is 0 Å².